The molecular formula is C24H22N6O2. The maximum Gasteiger partial charge on any atom is 0.321 e. The van der Waals surface area contributed by atoms with Gasteiger partial charge in [0.15, 0.2) is 5.65 Å². The standard InChI is InChI=1S/C24H22N6O2/c31-24(28-18-8-10-20(11-9-18)32-19-5-2-1-3-6-19)30-15-13-29(14-16-30)23-21-7-4-12-25-22(21)26-17-27-23/h1-12,17H,13-16H2,(H,28,31). The van der Waals surface area contributed by atoms with Crippen molar-refractivity contribution in [3.63, 3.8) is 0 Å². The molecule has 0 radical (unpaired) electrons. The molecule has 0 unspecified atom stereocenters. The molecule has 160 valence electrons. The van der Waals surface area contributed by atoms with Crippen LogP contribution in [-0.4, -0.2) is 52.1 Å². The van der Waals surface area contributed by atoms with E-state index in [1.54, 1.807) is 6.20 Å². The van der Waals surface area contributed by atoms with E-state index < -0.39 is 0 Å². The van der Waals surface area contributed by atoms with E-state index in [1.165, 1.54) is 6.33 Å². The molecule has 2 aromatic heterocycles. The zero-order valence-electron chi connectivity index (χ0n) is 17.4. The zero-order valence-corrected chi connectivity index (χ0v) is 17.4. The van der Waals surface area contributed by atoms with E-state index in [0.717, 1.165) is 28.4 Å². The number of pyridine rings is 1. The second-order valence-electron chi connectivity index (χ2n) is 7.42. The molecule has 0 bridgehead atoms. The van der Waals surface area contributed by atoms with E-state index in [1.807, 2.05) is 71.6 Å². The van der Waals surface area contributed by atoms with Crippen molar-refractivity contribution >= 4 is 28.6 Å². The lowest BCUT2D eigenvalue weighted by molar-refractivity contribution is 0.208. The van der Waals surface area contributed by atoms with Crippen LogP contribution in [0.2, 0.25) is 0 Å². The Morgan fingerprint density at radius 2 is 1.56 bits per heavy atom. The first-order valence-electron chi connectivity index (χ1n) is 10.5. The van der Waals surface area contributed by atoms with Crippen LogP contribution >= 0.6 is 0 Å². The minimum atomic E-state index is -0.115. The van der Waals surface area contributed by atoms with Gasteiger partial charge in [0, 0.05) is 38.1 Å². The van der Waals surface area contributed by atoms with Crippen LogP contribution in [-0.2, 0) is 0 Å². The van der Waals surface area contributed by atoms with Crippen molar-refractivity contribution in [3.8, 4) is 11.5 Å². The van der Waals surface area contributed by atoms with Crippen LogP contribution in [0.1, 0.15) is 0 Å². The molecule has 1 aliphatic heterocycles. The summed E-state index contributed by atoms with van der Waals surface area (Å²) in [4.78, 5) is 29.7. The Kier molecular flexibility index (Phi) is 5.48. The van der Waals surface area contributed by atoms with E-state index in [4.69, 9.17) is 4.74 Å². The van der Waals surface area contributed by atoms with Crippen molar-refractivity contribution in [3.05, 3.63) is 79.3 Å². The predicted molar refractivity (Wildman–Crippen MR) is 123 cm³/mol. The van der Waals surface area contributed by atoms with Crippen LogP contribution in [0.25, 0.3) is 11.0 Å². The van der Waals surface area contributed by atoms with Crippen LogP contribution < -0.4 is 15.0 Å². The van der Waals surface area contributed by atoms with E-state index in [0.29, 0.717) is 31.8 Å². The molecule has 8 nitrogen and oxygen atoms in total. The van der Waals surface area contributed by atoms with Gasteiger partial charge in [-0.1, -0.05) is 18.2 Å². The number of piperazine rings is 1. The summed E-state index contributed by atoms with van der Waals surface area (Å²) in [5, 5.41) is 3.89. The van der Waals surface area contributed by atoms with Crippen molar-refractivity contribution in [2.75, 3.05) is 36.4 Å². The van der Waals surface area contributed by atoms with Crippen molar-refractivity contribution in [1.82, 2.24) is 19.9 Å². The molecule has 2 aromatic carbocycles. The first-order valence-corrected chi connectivity index (χ1v) is 10.5. The third kappa shape index (κ3) is 4.29. The Balaban J connectivity index is 1.18. The molecule has 3 heterocycles. The molecule has 2 amide bonds. The summed E-state index contributed by atoms with van der Waals surface area (Å²) in [5.41, 5.74) is 1.41. The van der Waals surface area contributed by atoms with Crippen molar-refractivity contribution in [2.24, 2.45) is 0 Å². The molecule has 4 aromatic rings. The number of carbonyl (C=O) groups excluding carboxylic acids is 1. The summed E-state index contributed by atoms with van der Waals surface area (Å²) in [6, 6.07) is 20.7. The molecule has 0 saturated carbocycles. The highest BCUT2D eigenvalue weighted by Gasteiger charge is 2.23. The molecule has 1 saturated heterocycles. The van der Waals surface area contributed by atoms with Crippen LogP contribution in [0.4, 0.5) is 16.3 Å². The molecule has 1 N–H and O–H groups in total. The highest BCUT2D eigenvalue weighted by atomic mass is 16.5. The Labute approximate surface area is 185 Å². The number of para-hydroxylation sites is 1. The second-order valence-corrected chi connectivity index (χ2v) is 7.42. The van der Waals surface area contributed by atoms with E-state index in [-0.39, 0.29) is 6.03 Å². The fraction of sp³-hybridized carbons (Fsp3) is 0.167. The topological polar surface area (TPSA) is 83.5 Å². The fourth-order valence-corrected chi connectivity index (χ4v) is 3.69. The van der Waals surface area contributed by atoms with Gasteiger partial charge in [-0.25, -0.2) is 19.7 Å². The predicted octanol–water partition coefficient (Wildman–Crippen LogP) is 4.17. The Morgan fingerprint density at radius 1 is 0.812 bits per heavy atom. The number of hydrogen-bond donors (Lipinski definition) is 1. The molecule has 0 atom stereocenters. The van der Waals surface area contributed by atoms with Crippen molar-refractivity contribution < 1.29 is 9.53 Å². The number of rotatable bonds is 4. The first kappa shape index (κ1) is 19.7. The third-order valence-electron chi connectivity index (χ3n) is 5.34. The van der Waals surface area contributed by atoms with Gasteiger partial charge in [-0.05, 0) is 48.5 Å². The summed E-state index contributed by atoms with van der Waals surface area (Å²) in [7, 11) is 0. The van der Waals surface area contributed by atoms with Gasteiger partial charge in [0.25, 0.3) is 0 Å². The largest absolute Gasteiger partial charge is 0.457 e. The van der Waals surface area contributed by atoms with E-state index >= 15 is 0 Å². The highest BCUT2D eigenvalue weighted by Crippen LogP contribution is 2.24. The highest BCUT2D eigenvalue weighted by molar-refractivity contribution is 5.90. The van der Waals surface area contributed by atoms with E-state index in [9.17, 15) is 4.79 Å². The Morgan fingerprint density at radius 3 is 2.34 bits per heavy atom. The maximum absolute atomic E-state index is 12.7. The number of aromatic nitrogens is 3. The van der Waals surface area contributed by atoms with Crippen molar-refractivity contribution in [1.29, 1.82) is 0 Å². The first-order chi connectivity index (χ1) is 15.8. The van der Waals surface area contributed by atoms with Crippen LogP contribution in [0.15, 0.2) is 79.3 Å². The summed E-state index contributed by atoms with van der Waals surface area (Å²) in [6.07, 6.45) is 3.26. The monoisotopic (exact) mass is 426 g/mol. The van der Waals surface area contributed by atoms with Gasteiger partial charge in [0.05, 0.1) is 5.39 Å². The smallest absolute Gasteiger partial charge is 0.321 e. The van der Waals surface area contributed by atoms with Gasteiger partial charge >= 0.3 is 6.03 Å². The van der Waals surface area contributed by atoms with Gasteiger partial charge in [0.2, 0.25) is 0 Å². The Hall–Kier alpha value is -4.20. The average molecular weight is 426 g/mol. The number of fused-ring (bicyclic) bond motifs is 1. The molecule has 0 spiro atoms. The molecule has 0 aliphatic carbocycles. The number of amides is 2. The van der Waals surface area contributed by atoms with Gasteiger partial charge in [-0.2, -0.15) is 0 Å². The number of hydrogen-bond acceptors (Lipinski definition) is 6. The number of anilines is 2. The minimum absolute atomic E-state index is 0.115. The number of ether oxygens (including phenoxy) is 1. The van der Waals surface area contributed by atoms with Gasteiger partial charge in [-0.15, -0.1) is 0 Å². The van der Waals surface area contributed by atoms with Crippen molar-refractivity contribution in [2.45, 2.75) is 0 Å². The van der Waals surface area contributed by atoms with Crippen LogP contribution in [0.3, 0.4) is 0 Å². The Bertz CT molecular complexity index is 1200. The number of nitrogens with zero attached hydrogens (tertiary/aromatic N) is 5. The number of urea groups is 1. The second kappa shape index (κ2) is 8.89. The summed E-state index contributed by atoms with van der Waals surface area (Å²) in [6.45, 7) is 2.59. The van der Waals surface area contributed by atoms with Gasteiger partial charge in [0.1, 0.15) is 23.6 Å². The van der Waals surface area contributed by atoms with Gasteiger partial charge in [-0.3, -0.25) is 0 Å². The molecule has 32 heavy (non-hydrogen) atoms. The lowest BCUT2D eigenvalue weighted by atomic mass is 10.2. The van der Waals surface area contributed by atoms with Crippen LogP contribution in [0.5, 0.6) is 11.5 Å². The van der Waals surface area contributed by atoms with E-state index in [2.05, 4.69) is 25.2 Å². The normalized spacial score (nSPS) is 13.8. The molecule has 5 rings (SSSR count). The molecule has 1 fully saturated rings. The number of nitrogens with one attached hydrogen (secondary N) is 1. The number of carbonyl (C=O) groups is 1. The fourth-order valence-electron chi connectivity index (χ4n) is 3.69. The summed E-state index contributed by atoms with van der Waals surface area (Å²) >= 11 is 0. The van der Waals surface area contributed by atoms with Crippen LogP contribution in [0, 0.1) is 0 Å². The van der Waals surface area contributed by atoms with Gasteiger partial charge < -0.3 is 19.9 Å². The maximum atomic E-state index is 12.7. The third-order valence-corrected chi connectivity index (χ3v) is 5.34. The minimum Gasteiger partial charge on any atom is -0.457 e. The lowest BCUT2D eigenvalue weighted by Gasteiger charge is -2.35. The average Bonchev–Trinajstić information content (AvgIpc) is 2.86. The zero-order chi connectivity index (χ0) is 21.8. The lowest BCUT2D eigenvalue weighted by Crippen LogP contribution is -2.50. The molecule has 8 heteroatoms. The number of benzene rings is 2. The quantitative estimate of drug-likeness (QED) is 0.527. The molecular weight excluding hydrogens is 404 g/mol. The summed E-state index contributed by atoms with van der Waals surface area (Å²) in [5.74, 6) is 2.35. The SMILES string of the molecule is O=C(Nc1ccc(Oc2ccccc2)cc1)N1CCN(c2ncnc3ncccc23)CC1. The molecule has 1 aliphatic rings. The summed E-state index contributed by atoms with van der Waals surface area (Å²) < 4.78 is 5.80.